The van der Waals surface area contributed by atoms with Crippen molar-refractivity contribution < 1.29 is 4.79 Å². The van der Waals surface area contributed by atoms with Gasteiger partial charge in [0.15, 0.2) is 5.78 Å². The van der Waals surface area contributed by atoms with Crippen LogP contribution in [0.3, 0.4) is 0 Å². The Bertz CT molecular complexity index is 403. The molecule has 0 radical (unpaired) electrons. The van der Waals surface area contributed by atoms with Crippen LogP contribution in [0.4, 0.5) is 5.69 Å². The Balaban J connectivity index is 2.14. The number of aryl methyl sites for hydroxylation is 1. The molecule has 2 nitrogen and oxygen atoms in total. The van der Waals surface area contributed by atoms with Crippen molar-refractivity contribution in [2.75, 3.05) is 5.73 Å². The fourth-order valence-corrected chi connectivity index (χ4v) is 2.57. The molecule has 0 heterocycles. The molecule has 1 aliphatic rings. The van der Waals surface area contributed by atoms with Crippen LogP contribution >= 0.6 is 0 Å². The summed E-state index contributed by atoms with van der Waals surface area (Å²) in [5.41, 5.74) is 8.43. The van der Waals surface area contributed by atoms with Gasteiger partial charge >= 0.3 is 0 Å². The fourth-order valence-electron chi connectivity index (χ4n) is 2.57. The highest BCUT2D eigenvalue weighted by Crippen LogP contribution is 2.27. The summed E-state index contributed by atoms with van der Waals surface area (Å²) in [6, 6.07) is 5.70. The summed E-state index contributed by atoms with van der Waals surface area (Å²) < 4.78 is 0. The third-order valence-corrected chi connectivity index (χ3v) is 3.79. The molecular formula is C15H21NO. The first kappa shape index (κ1) is 12.2. The normalized spacial score (nSPS) is 17.7. The first-order valence-corrected chi connectivity index (χ1v) is 6.59. The second kappa shape index (κ2) is 5.35. The zero-order chi connectivity index (χ0) is 12.3. The quantitative estimate of drug-likeness (QED) is 0.479. The van der Waals surface area contributed by atoms with Crippen LogP contribution in [0.5, 0.6) is 0 Å². The number of carbonyl (C=O) groups excluding carboxylic acids is 1. The minimum atomic E-state index is 0.222. The van der Waals surface area contributed by atoms with Gasteiger partial charge in [-0.05, 0) is 31.4 Å². The van der Waals surface area contributed by atoms with Gasteiger partial charge in [-0.25, -0.2) is 0 Å². The molecule has 0 aliphatic heterocycles. The predicted molar refractivity (Wildman–Crippen MR) is 71.1 cm³/mol. The van der Waals surface area contributed by atoms with Crippen LogP contribution in [-0.4, -0.2) is 5.78 Å². The van der Waals surface area contributed by atoms with E-state index in [4.69, 9.17) is 5.73 Å². The van der Waals surface area contributed by atoms with Gasteiger partial charge in [-0.3, -0.25) is 4.79 Å². The average molecular weight is 231 g/mol. The number of carbonyl (C=O) groups is 1. The molecule has 1 aliphatic carbocycles. The van der Waals surface area contributed by atoms with Crippen molar-refractivity contribution in [2.24, 2.45) is 5.92 Å². The minimum Gasteiger partial charge on any atom is -0.398 e. The average Bonchev–Trinajstić information content (AvgIpc) is 2.60. The van der Waals surface area contributed by atoms with Crippen LogP contribution in [0.2, 0.25) is 0 Å². The van der Waals surface area contributed by atoms with E-state index in [9.17, 15) is 4.79 Å². The van der Waals surface area contributed by atoms with Gasteiger partial charge in [0.05, 0.1) is 0 Å². The smallest absolute Gasteiger partial charge is 0.166 e. The largest absolute Gasteiger partial charge is 0.398 e. The molecule has 1 aromatic rings. The Hall–Kier alpha value is -1.31. The number of nitrogens with two attached hydrogens (primary N) is 1. The van der Waals surface area contributed by atoms with Crippen molar-refractivity contribution in [1.82, 2.24) is 0 Å². The maximum Gasteiger partial charge on any atom is 0.166 e. The van der Waals surface area contributed by atoms with E-state index < -0.39 is 0 Å². The number of hydrogen-bond acceptors (Lipinski definition) is 2. The lowest BCUT2D eigenvalue weighted by Gasteiger charge is -2.13. The van der Waals surface area contributed by atoms with Gasteiger partial charge in [0.25, 0.3) is 0 Å². The third-order valence-electron chi connectivity index (χ3n) is 3.79. The van der Waals surface area contributed by atoms with Crippen LogP contribution in [0.1, 0.15) is 54.4 Å². The maximum absolute atomic E-state index is 12.4. The van der Waals surface area contributed by atoms with Crippen molar-refractivity contribution in [1.29, 1.82) is 0 Å². The second-order valence-electron chi connectivity index (χ2n) is 5.12. The van der Waals surface area contributed by atoms with Gasteiger partial charge in [0.2, 0.25) is 0 Å². The van der Waals surface area contributed by atoms with E-state index in [1.54, 1.807) is 0 Å². The van der Waals surface area contributed by atoms with Crippen molar-refractivity contribution in [3.05, 3.63) is 29.3 Å². The summed E-state index contributed by atoms with van der Waals surface area (Å²) in [5, 5.41) is 0. The highest BCUT2D eigenvalue weighted by atomic mass is 16.1. The lowest BCUT2D eigenvalue weighted by Crippen LogP contribution is -2.14. The van der Waals surface area contributed by atoms with E-state index in [2.05, 4.69) is 0 Å². The molecule has 0 saturated heterocycles. The summed E-state index contributed by atoms with van der Waals surface area (Å²) in [4.78, 5) is 12.4. The standard InChI is InChI=1S/C15H21NO/c1-11-8-9-13(10-14(11)16)15(17)12-6-4-2-3-5-7-12/h8-10,12H,2-7,16H2,1H3. The zero-order valence-electron chi connectivity index (χ0n) is 10.5. The monoisotopic (exact) mass is 231 g/mol. The van der Waals surface area contributed by atoms with Crippen LogP contribution in [-0.2, 0) is 0 Å². The highest BCUT2D eigenvalue weighted by Gasteiger charge is 2.21. The van der Waals surface area contributed by atoms with Crippen molar-refractivity contribution in [2.45, 2.75) is 45.4 Å². The Morgan fingerprint density at radius 3 is 2.41 bits per heavy atom. The summed E-state index contributed by atoms with van der Waals surface area (Å²) in [7, 11) is 0. The number of Topliss-reactive ketones (excluding diaryl/α,β-unsaturated/α-hetero) is 1. The van der Waals surface area contributed by atoms with Crippen LogP contribution in [0, 0.1) is 12.8 Å². The van der Waals surface area contributed by atoms with Gasteiger partial charge in [-0.1, -0.05) is 37.8 Å². The van der Waals surface area contributed by atoms with Crippen molar-refractivity contribution in [3.8, 4) is 0 Å². The molecule has 2 rings (SSSR count). The molecule has 0 atom stereocenters. The highest BCUT2D eigenvalue weighted by molar-refractivity contribution is 5.98. The molecule has 2 heteroatoms. The van der Waals surface area contributed by atoms with E-state index in [-0.39, 0.29) is 5.92 Å². The summed E-state index contributed by atoms with van der Waals surface area (Å²) >= 11 is 0. The topological polar surface area (TPSA) is 43.1 Å². The van der Waals surface area contributed by atoms with E-state index in [0.29, 0.717) is 5.78 Å². The maximum atomic E-state index is 12.4. The van der Waals surface area contributed by atoms with E-state index in [1.165, 1.54) is 25.7 Å². The van der Waals surface area contributed by atoms with Crippen LogP contribution < -0.4 is 5.73 Å². The number of ketones is 1. The first-order chi connectivity index (χ1) is 8.18. The molecule has 92 valence electrons. The zero-order valence-corrected chi connectivity index (χ0v) is 10.5. The van der Waals surface area contributed by atoms with E-state index in [0.717, 1.165) is 29.7 Å². The molecule has 2 N–H and O–H groups in total. The van der Waals surface area contributed by atoms with Crippen LogP contribution in [0.25, 0.3) is 0 Å². The van der Waals surface area contributed by atoms with Gasteiger partial charge in [-0.2, -0.15) is 0 Å². The molecule has 1 saturated carbocycles. The molecular weight excluding hydrogens is 210 g/mol. The van der Waals surface area contributed by atoms with Gasteiger partial charge < -0.3 is 5.73 Å². The summed E-state index contributed by atoms with van der Waals surface area (Å²) in [5.74, 6) is 0.512. The minimum absolute atomic E-state index is 0.222. The Morgan fingerprint density at radius 2 is 1.82 bits per heavy atom. The first-order valence-electron chi connectivity index (χ1n) is 6.59. The van der Waals surface area contributed by atoms with E-state index >= 15 is 0 Å². The molecule has 0 aromatic heterocycles. The molecule has 17 heavy (non-hydrogen) atoms. The lowest BCUT2D eigenvalue weighted by molar-refractivity contribution is 0.0908. The molecule has 0 amide bonds. The number of hydrogen-bond donors (Lipinski definition) is 1. The molecule has 0 spiro atoms. The number of benzene rings is 1. The lowest BCUT2D eigenvalue weighted by atomic mass is 9.90. The predicted octanol–water partition coefficient (Wildman–Crippen LogP) is 3.73. The van der Waals surface area contributed by atoms with Crippen LogP contribution in [0.15, 0.2) is 18.2 Å². The molecule has 1 aromatic carbocycles. The fraction of sp³-hybridized carbons (Fsp3) is 0.533. The number of rotatable bonds is 2. The van der Waals surface area contributed by atoms with Gasteiger partial charge in [0, 0.05) is 17.2 Å². The molecule has 1 fully saturated rings. The Kier molecular flexibility index (Phi) is 3.82. The number of anilines is 1. The Labute approximate surface area is 103 Å². The molecule has 0 bridgehead atoms. The number of nitrogen functional groups attached to an aromatic ring is 1. The third kappa shape index (κ3) is 2.87. The second-order valence-corrected chi connectivity index (χ2v) is 5.12. The SMILES string of the molecule is Cc1ccc(C(=O)C2CCCCCC2)cc1N. The van der Waals surface area contributed by atoms with E-state index in [1.807, 2.05) is 25.1 Å². The van der Waals surface area contributed by atoms with Gasteiger partial charge in [0.1, 0.15) is 0 Å². The summed E-state index contributed by atoms with van der Waals surface area (Å²) in [6.07, 6.45) is 7.04. The Morgan fingerprint density at radius 1 is 1.18 bits per heavy atom. The van der Waals surface area contributed by atoms with Crippen molar-refractivity contribution in [3.63, 3.8) is 0 Å². The van der Waals surface area contributed by atoms with Gasteiger partial charge in [-0.15, -0.1) is 0 Å². The van der Waals surface area contributed by atoms with Crippen molar-refractivity contribution >= 4 is 11.5 Å². The molecule has 0 unspecified atom stereocenters. The summed E-state index contributed by atoms with van der Waals surface area (Å²) in [6.45, 7) is 1.97.